The molecule has 4 amide bonds. The number of H-pyrrole nitrogens is 4. The lowest BCUT2D eigenvalue weighted by Crippen LogP contribution is -2.53. The molecule has 16 rings (SSSR count). The Balaban J connectivity index is 0.000000146. The molecule has 0 aliphatic rings. The molecule has 13 N–H and O–H groups in total. The highest BCUT2D eigenvalue weighted by Gasteiger charge is 2.30. The fraction of sp³-hybridized carbons (Fsp3) is 0.112. The van der Waals surface area contributed by atoms with Crippen molar-refractivity contribution in [2.75, 3.05) is 78.5 Å². The fourth-order valence-corrected chi connectivity index (χ4v) is 13.3. The minimum Gasteiger partial charge on any atom is -0.467 e. The van der Waals surface area contributed by atoms with Crippen LogP contribution in [0, 0.1) is 0 Å². The van der Waals surface area contributed by atoms with Crippen LogP contribution in [0.1, 0.15) is 43.0 Å². The molecule has 0 aliphatic heterocycles. The maximum atomic E-state index is 13.6. The molecule has 16 aromatic rings. The third-order valence-electron chi connectivity index (χ3n) is 19.2. The summed E-state index contributed by atoms with van der Waals surface area (Å²) in [7, 11) is 6.59. The first-order valence-corrected chi connectivity index (χ1v) is 37.8. The van der Waals surface area contributed by atoms with E-state index in [1.54, 1.807) is 82.2 Å². The monoisotopic (exact) mass is 1590 g/mol. The summed E-state index contributed by atoms with van der Waals surface area (Å²) in [5.74, 6) is 4.27. The molecule has 0 aliphatic carbocycles. The van der Waals surface area contributed by atoms with Crippen molar-refractivity contribution < 1.29 is 33.1 Å². The second-order valence-electron chi connectivity index (χ2n) is 26.9. The van der Waals surface area contributed by atoms with Gasteiger partial charge in [-0.05, 0) is 164 Å². The molecule has 0 saturated heterocycles. The Hall–Kier alpha value is -16.1. The standard InChI is InChI=1S/C30H26N8O3.C30H28N6O3.C29H28N8O2/c1-31-29-32-15-14-24(35-29)25-17-20-16-19(12-13-23(20)33-25)27(39)34-26(28-36-37-30(40)41-28)18-38(21-8-4-2-5-9-21)22-10-6-3-7-11-22;1-31-30-32-16-15-25(35-30)26-18-21-17-20(13-14-24(21)33-26)28(37)34-27(29(38)39-2)19-36(22-9-5-3-6-10-22)23-11-7-4-8-12-23;1-31-29-32-15-14-24(35-29)25-17-20-16-19(12-13-23(20)33-25)27(38)34-26(28(39)36-30)18-37(21-8-4-2-5-9-21)22-10-6-3-7-11-22/h2-17,26,33H,18H2,1H3,(H,34,39)(H,37,40)(H,31,32,35);3-18,27,33H,19H2,1-2H3,(H,34,37)(H,31,32,35);2-17,26,33H,18,30H2,1H3,(H,34,38)(H,36,39)(H,31,32,35)/t26-;27-;26-/m000/s1. The number of anilines is 9. The number of benzene rings is 9. The second-order valence-corrected chi connectivity index (χ2v) is 26.9. The Labute approximate surface area is 681 Å². The molecule has 7 aromatic heterocycles. The summed E-state index contributed by atoms with van der Waals surface area (Å²) in [4.78, 5) is 120. The van der Waals surface area contributed by atoms with Gasteiger partial charge in [0.25, 0.3) is 23.6 Å². The van der Waals surface area contributed by atoms with Gasteiger partial charge in [0.05, 0.1) is 60.9 Å². The first-order valence-electron chi connectivity index (χ1n) is 37.8. The first-order chi connectivity index (χ1) is 58.2. The predicted octanol–water partition coefficient (Wildman–Crippen LogP) is 13.0. The van der Waals surface area contributed by atoms with Gasteiger partial charge in [0.1, 0.15) is 18.1 Å². The van der Waals surface area contributed by atoms with Crippen LogP contribution in [0.3, 0.4) is 0 Å². The number of aromatic nitrogens is 11. The van der Waals surface area contributed by atoms with Crippen LogP contribution >= 0.6 is 0 Å². The number of carbonyl (C=O) groups is 5. The van der Waals surface area contributed by atoms with Crippen molar-refractivity contribution in [3.63, 3.8) is 0 Å². The van der Waals surface area contributed by atoms with E-state index in [1.165, 1.54) is 7.11 Å². The Bertz CT molecular complexity index is 5850. The van der Waals surface area contributed by atoms with Gasteiger partial charge in [-0.25, -0.2) is 50.4 Å². The minimum absolute atomic E-state index is 0.0781. The van der Waals surface area contributed by atoms with Crippen LogP contribution in [0.5, 0.6) is 0 Å². The number of carbonyl (C=O) groups excluding carboxylic acids is 5. The van der Waals surface area contributed by atoms with Crippen molar-refractivity contribution in [3.8, 4) is 34.2 Å². The lowest BCUT2D eigenvalue weighted by molar-refractivity contribution is -0.142. The number of hydrogen-bond acceptors (Lipinski definition) is 22. The van der Waals surface area contributed by atoms with Gasteiger partial charge in [0.15, 0.2) is 0 Å². The summed E-state index contributed by atoms with van der Waals surface area (Å²) in [6.07, 6.45) is 5.04. The van der Waals surface area contributed by atoms with Crippen LogP contribution in [0.4, 0.5) is 52.0 Å². The summed E-state index contributed by atoms with van der Waals surface area (Å²) in [6.45, 7) is 0.608. The molecular weight excluding hydrogens is 1510 g/mol. The summed E-state index contributed by atoms with van der Waals surface area (Å²) in [5, 5.41) is 26.4. The molecule has 0 fully saturated rings. The number of fused-ring (bicyclic) bond motifs is 3. The predicted molar refractivity (Wildman–Crippen MR) is 460 cm³/mol. The van der Waals surface area contributed by atoms with E-state index >= 15 is 0 Å². The van der Waals surface area contributed by atoms with Crippen LogP contribution in [-0.4, -0.2) is 145 Å². The maximum Gasteiger partial charge on any atom is 0.434 e. The summed E-state index contributed by atoms with van der Waals surface area (Å²) >= 11 is 0. The zero-order valence-electron chi connectivity index (χ0n) is 64.9. The molecule has 9 aromatic carbocycles. The SMILES string of the molecule is CNc1nccc(-c2cc3cc(C(=O)N[C@@H](CN(c4ccccc4)c4ccccc4)C(=O)NN)ccc3[nH]2)n1.CNc1nccc(-c2cc3cc(C(=O)N[C@@H](CN(c4ccccc4)c4ccccc4)C(=O)OC)ccc3[nH]2)n1.CNc1nccc(-c2cc3cc(C(=O)N[C@@H](CN(c4ccccc4)c4ccccc4)c4n[nH]c(=O)o4)ccc3[nH]2)n1. The molecule has 0 spiro atoms. The van der Waals surface area contributed by atoms with E-state index in [0.717, 1.165) is 101 Å². The van der Waals surface area contributed by atoms with Gasteiger partial charge in [-0.1, -0.05) is 109 Å². The molecule has 0 bridgehead atoms. The summed E-state index contributed by atoms with van der Waals surface area (Å²) in [6, 6.07) is 82.9. The molecule has 596 valence electrons. The third kappa shape index (κ3) is 19.6. The smallest absolute Gasteiger partial charge is 0.434 e. The minimum atomic E-state index is -0.929. The van der Waals surface area contributed by atoms with E-state index in [9.17, 15) is 28.8 Å². The van der Waals surface area contributed by atoms with Gasteiger partial charge in [0, 0.05) is 123 Å². The molecular formula is C89H82N22O8. The zero-order chi connectivity index (χ0) is 82.6. The average molecular weight is 1590 g/mol. The number of nitrogens with one attached hydrogen (secondary N) is 11. The molecule has 30 nitrogen and oxygen atoms in total. The molecule has 119 heavy (non-hydrogen) atoms. The van der Waals surface area contributed by atoms with Gasteiger partial charge < -0.3 is 70.7 Å². The molecule has 0 unspecified atom stereocenters. The van der Waals surface area contributed by atoms with Crippen molar-refractivity contribution >= 4 is 114 Å². The van der Waals surface area contributed by atoms with Gasteiger partial charge in [0.2, 0.25) is 23.7 Å². The number of para-hydroxylation sites is 6. The number of hydrogen-bond donors (Lipinski definition) is 12. The van der Waals surface area contributed by atoms with Crippen LogP contribution in [0.2, 0.25) is 0 Å². The van der Waals surface area contributed by atoms with E-state index in [0.29, 0.717) is 34.5 Å². The van der Waals surface area contributed by atoms with E-state index in [2.05, 4.69) is 92.4 Å². The highest BCUT2D eigenvalue weighted by molar-refractivity contribution is 6.03. The van der Waals surface area contributed by atoms with Gasteiger partial charge in [-0.2, -0.15) is 0 Å². The van der Waals surface area contributed by atoms with Crippen LogP contribution in [0.15, 0.2) is 301 Å². The number of hydrazine groups is 1. The zero-order valence-corrected chi connectivity index (χ0v) is 64.9. The number of nitrogens with two attached hydrogens (primary N) is 1. The molecule has 0 radical (unpaired) electrons. The number of aromatic amines is 4. The first kappa shape index (κ1) is 79.5. The largest absolute Gasteiger partial charge is 0.467 e. The summed E-state index contributed by atoms with van der Waals surface area (Å²) in [5.41, 5.74) is 15.9. The quantitative estimate of drug-likeness (QED) is 0.00984. The average Bonchev–Trinajstić information content (AvgIpc) is 1.59. The number of ether oxygens (including phenoxy) is 1. The maximum absolute atomic E-state index is 13.6. The van der Waals surface area contributed by atoms with Crippen LogP contribution < -0.4 is 63.6 Å². The highest BCUT2D eigenvalue weighted by Crippen LogP contribution is 2.33. The van der Waals surface area contributed by atoms with E-state index in [1.807, 2.05) is 245 Å². The Morgan fingerprint density at radius 1 is 0.412 bits per heavy atom. The Kier molecular flexibility index (Phi) is 25.2. The number of esters is 1. The lowest BCUT2D eigenvalue weighted by Gasteiger charge is -2.29. The van der Waals surface area contributed by atoms with Gasteiger partial charge in [-0.15, -0.1) is 5.10 Å². The van der Waals surface area contributed by atoms with Crippen LogP contribution in [0.25, 0.3) is 66.9 Å². The number of amides is 4. The van der Waals surface area contributed by atoms with E-state index < -0.39 is 41.7 Å². The number of rotatable bonds is 27. The highest BCUT2D eigenvalue weighted by atomic mass is 16.5. The van der Waals surface area contributed by atoms with Crippen molar-refractivity contribution in [2.24, 2.45) is 5.84 Å². The topological polar surface area (TPSA) is 398 Å². The Morgan fingerprint density at radius 2 is 0.731 bits per heavy atom. The van der Waals surface area contributed by atoms with Gasteiger partial charge >= 0.3 is 11.7 Å². The normalized spacial score (nSPS) is 11.6. The number of methoxy groups -OCH3 is 1. The van der Waals surface area contributed by atoms with Crippen molar-refractivity contribution in [2.45, 2.75) is 18.1 Å². The van der Waals surface area contributed by atoms with Gasteiger partial charge in [-0.3, -0.25) is 24.6 Å². The molecule has 7 heterocycles. The second kappa shape index (κ2) is 37.7. The lowest BCUT2D eigenvalue weighted by atomic mass is 10.1. The van der Waals surface area contributed by atoms with Crippen LogP contribution in [-0.2, 0) is 14.3 Å². The molecule has 0 saturated carbocycles. The van der Waals surface area contributed by atoms with Crippen molar-refractivity contribution in [3.05, 3.63) is 325 Å². The van der Waals surface area contributed by atoms with Crippen molar-refractivity contribution in [1.82, 2.24) is 76.4 Å². The third-order valence-corrected chi connectivity index (χ3v) is 19.2. The number of nitrogens with zero attached hydrogens (tertiary/aromatic N) is 10. The fourth-order valence-electron chi connectivity index (χ4n) is 13.3. The van der Waals surface area contributed by atoms with E-state index in [-0.39, 0.29) is 37.3 Å². The van der Waals surface area contributed by atoms with E-state index in [4.69, 9.17) is 15.0 Å². The molecule has 30 heteroatoms. The van der Waals surface area contributed by atoms with Crippen molar-refractivity contribution in [1.29, 1.82) is 0 Å². The Morgan fingerprint density at radius 3 is 1.04 bits per heavy atom. The summed E-state index contributed by atoms with van der Waals surface area (Å²) < 4.78 is 10.4. The molecule has 3 atom stereocenters.